The Balaban J connectivity index is 1.67. The zero-order valence-electron chi connectivity index (χ0n) is 16.8. The van der Waals surface area contributed by atoms with E-state index < -0.39 is 18.1 Å². The Labute approximate surface area is 169 Å². The van der Waals surface area contributed by atoms with Gasteiger partial charge in [-0.1, -0.05) is 18.2 Å². The highest BCUT2D eigenvalue weighted by atomic mass is 16.6. The number of rotatable bonds is 7. The lowest BCUT2D eigenvalue weighted by Gasteiger charge is -2.33. The van der Waals surface area contributed by atoms with Crippen molar-refractivity contribution in [3.63, 3.8) is 0 Å². The third-order valence-corrected chi connectivity index (χ3v) is 4.40. The van der Waals surface area contributed by atoms with Crippen molar-refractivity contribution in [1.82, 2.24) is 15.1 Å². The van der Waals surface area contributed by atoms with E-state index in [2.05, 4.69) is 5.32 Å². The van der Waals surface area contributed by atoms with Crippen LogP contribution in [0.1, 0.15) is 30.6 Å². The van der Waals surface area contributed by atoms with Crippen LogP contribution >= 0.6 is 0 Å². The van der Waals surface area contributed by atoms with Crippen LogP contribution < -0.4 is 5.32 Å². The first-order valence-electron chi connectivity index (χ1n) is 9.61. The second-order valence-corrected chi connectivity index (χ2v) is 6.67. The molecule has 3 amide bonds. The molecular weight excluding hydrogens is 378 g/mol. The molecule has 0 saturated carbocycles. The van der Waals surface area contributed by atoms with Gasteiger partial charge in [-0.3, -0.25) is 14.4 Å². The van der Waals surface area contributed by atoms with Gasteiger partial charge in [-0.2, -0.15) is 0 Å². The monoisotopic (exact) mass is 405 g/mol. The largest absolute Gasteiger partial charge is 0.456 e. The number of piperazine rings is 1. The summed E-state index contributed by atoms with van der Waals surface area (Å²) in [5, 5.41) is 2.72. The van der Waals surface area contributed by atoms with E-state index in [9.17, 15) is 19.2 Å². The van der Waals surface area contributed by atoms with Gasteiger partial charge in [0, 0.05) is 37.8 Å². The molecule has 9 heteroatoms. The molecule has 1 aliphatic heterocycles. The minimum atomic E-state index is -0.565. The molecule has 0 spiro atoms. The number of ether oxygens (including phenoxy) is 2. The van der Waals surface area contributed by atoms with Crippen molar-refractivity contribution in [2.24, 2.45) is 0 Å². The van der Waals surface area contributed by atoms with Gasteiger partial charge >= 0.3 is 12.1 Å². The maximum absolute atomic E-state index is 12.2. The summed E-state index contributed by atoms with van der Waals surface area (Å²) in [5.74, 6) is -1.16. The maximum atomic E-state index is 12.2. The summed E-state index contributed by atoms with van der Waals surface area (Å²) >= 11 is 0. The lowest BCUT2D eigenvalue weighted by Crippen LogP contribution is -2.51. The van der Waals surface area contributed by atoms with Gasteiger partial charge < -0.3 is 24.6 Å². The van der Waals surface area contributed by atoms with Crippen molar-refractivity contribution in [3.8, 4) is 0 Å². The van der Waals surface area contributed by atoms with Crippen molar-refractivity contribution < 1.29 is 28.7 Å². The van der Waals surface area contributed by atoms with E-state index >= 15 is 0 Å². The van der Waals surface area contributed by atoms with E-state index in [4.69, 9.17) is 9.47 Å². The summed E-state index contributed by atoms with van der Waals surface area (Å²) in [6, 6.07) is 8.25. The summed E-state index contributed by atoms with van der Waals surface area (Å²) in [5.41, 5.74) is 0.504. The molecule has 2 rings (SSSR count). The van der Waals surface area contributed by atoms with E-state index in [1.54, 1.807) is 43.0 Å². The molecule has 1 aromatic carbocycles. The average molecular weight is 405 g/mol. The smallest absolute Gasteiger partial charge is 0.409 e. The Kier molecular flexibility index (Phi) is 8.45. The van der Waals surface area contributed by atoms with Crippen LogP contribution in [-0.4, -0.2) is 79.1 Å². The fraction of sp³-hybridized carbons (Fsp3) is 0.500. The molecule has 1 saturated heterocycles. The number of amides is 3. The van der Waals surface area contributed by atoms with Crippen molar-refractivity contribution >= 4 is 23.9 Å². The molecule has 1 aromatic rings. The molecular formula is C20H27N3O6. The number of nitrogens with one attached hydrogen (secondary N) is 1. The van der Waals surface area contributed by atoms with Crippen LogP contribution in [0.3, 0.4) is 0 Å². The van der Waals surface area contributed by atoms with E-state index in [-0.39, 0.29) is 24.8 Å². The van der Waals surface area contributed by atoms with Crippen molar-refractivity contribution in [3.05, 3.63) is 35.9 Å². The van der Waals surface area contributed by atoms with Gasteiger partial charge in [-0.15, -0.1) is 0 Å². The van der Waals surface area contributed by atoms with E-state index in [1.807, 2.05) is 6.07 Å². The fourth-order valence-electron chi connectivity index (χ4n) is 2.84. The third kappa shape index (κ3) is 7.10. The SMILES string of the molecule is CCOC(=O)N1CCN(C(=O)COC(=O)CC(C)NC(=O)c2ccccc2)CC1. The molecule has 1 heterocycles. The Hall–Kier alpha value is -3.10. The number of benzene rings is 1. The molecule has 1 atom stereocenters. The second kappa shape index (κ2) is 11.0. The highest BCUT2D eigenvalue weighted by Gasteiger charge is 2.25. The Morgan fingerprint density at radius 2 is 1.62 bits per heavy atom. The highest BCUT2D eigenvalue weighted by molar-refractivity contribution is 5.94. The Morgan fingerprint density at radius 1 is 1.00 bits per heavy atom. The lowest BCUT2D eigenvalue weighted by molar-refractivity contribution is -0.152. The summed E-state index contributed by atoms with van der Waals surface area (Å²) < 4.78 is 9.97. The minimum absolute atomic E-state index is 0.0392. The maximum Gasteiger partial charge on any atom is 0.409 e. The quantitative estimate of drug-likeness (QED) is 0.680. The van der Waals surface area contributed by atoms with Crippen LogP contribution in [0.4, 0.5) is 4.79 Å². The number of hydrogen-bond acceptors (Lipinski definition) is 6. The molecule has 158 valence electrons. The predicted molar refractivity (Wildman–Crippen MR) is 104 cm³/mol. The Bertz CT molecular complexity index is 716. The van der Waals surface area contributed by atoms with Gasteiger partial charge in [-0.25, -0.2) is 4.79 Å². The van der Waals surface area contributed by atoms with Crippen molar-refractivity contribution in [2.45, 2.75) is 26.3 Å². The standard InChI is InChI=1S/C20H27N3O6/c1-3-28-20(27)23-11-9-22(10-12-23)17(24)14-29-18(25)13-15(2)21-19(26)16-7-5-4-6-8-16/h4-8,15H,3,9-14H2,1-2H3,(H,21,26). The molecule has 0 bridgehead atoms. The first-order valence-corrected chi connectivity index (χ1v) is 9.61. The third-order valence-electron chi connectivity index (χ3n) is 4.40. The second-order valence-electron chi connectivity index (χ2n) is 6.67. The number of hydrogen-bond donors (Lipinski definition) is 1. The molecule has 0 radical (unpaired) electrons. The van der Waals surface area contributed by atoms with E-state index in [0.29, 0.717) is 38.3 Å². The fourth-order valence-corrected chi connectivity index (χ4v) is 2.84. The van der Waals surface area contributed by atoms with Gasteiger partial charge in [-0.05, 0) is 26.0 Å². The van der Waals surface area contributed by atoms with Gasteiger partial charge in [0.1, 0.15) is 0 Å². The molecule has 1 fully saturated rings. The summed E-state index contributed by atoms with van der Waals surface area (Å²) in [4.78, 5) is 51.0. The van der Waals surface area contributed by atoms with Crippen LogP contribution in [-0.2, 0) is 19.1 Å². The normalized spacial score (nSPS) is 14.7. The van der Waals surface area contributed by atoms with Crippen LogP contribution in [0.15, 0.2) is 30.3 Å². The molecule has 1 aliphatic rings. The lowest BCUT2D eigenvalue weighted by atomic mass is 10.2. The molecule has 1 unspecified atom stereocenters. The average Bonchev–Trinajstić information content (AvgIpc) is 2.72. The Morgan fingerprint density at radius 3 is 2.24 bits per heavy atom. The van der Waals surface area contributed by atoms with Gasteiger partial charge in [0.2, 0.25) is 0 Å². The number of esters is 1. The van der Waals surface area contributed by atoms with E-state index in [1.165, 1.54) is 4.90 Å². The number of carbonyl (C=O) groups is 4. The zero-order valence-corrected chi connectivity index (χ0v) is 16.8. The molecule has 1 N–H and O–H groups in total. The van der Waals surface area contributed by atoms with Gasteiger partial charge in [0.15, 0.2) is 6.61 Å². The highest BCUT2D eigenvalue weighted by Crippen LogP contribution is 2.05. The predicted octanol–water partition coefficient (Wildman–Crippen LogP) is 1.04. The van der Waals surface area contributed by atoms with Crippen LogP contribution in [0.5, 0.6) is 0 Å². The van der Waals surface area contributed by atoms with Crippen LogP contribution in [0.25, 0.3) is 0 Å². The number of carbonyl (C=O) groups excluding carboxylic acids is 4. The number of nitrogens with zero attached hydrogens (tertiary/aromatic N) is 2. The summed E-state index contributed by atoms with van der Waals surface area (Å²) in [6.07, 6.45) is -0.430. The van der Waals surface area contributed by atoms with Gasteiger partial charge in [0.05, 0.1) is 13.0 Å². The van der Waals surface area contributed by atoms with Crippen LogP contribution in [0.2, 0.25) is 0 Å². The zero-order chi connectivity index (χ0) is 21.2. The topological polar surface area (TPSA) is 105 Å². The molecule has 29 heavy (non-hydrogen) atoms. The molecule has 0 aromatic heterocycles. The van der Waals surface area contributed by atoms with Crippen molar-refractivity contribution in [1.29, 1.82) is 0 Å². The first-order chi connectivity index (χ1) is 13.9. The van der Waals surface area contributed by atoms with Gasteiger partial charge in [0.25, 0.3) is 11.8 Å². The van der Waals surface area contributed by atoms with Crippen molar-refractivity contribution in [2.75, 3.05) is 39.4 Å². The summed E-state index contributed by atoms with van der Waals surface area (Å²) in [7, 11) is 0. The molecule has 0 aliphatic carbocycles. The van der Waals surface area contributed by atoms with Crippen LogP contribution in [0, 0.1) is 0 Å². The minimum Gasteiger partial charge on any atom is -0.456 e. The van der Waals surface area contributed by atoms with E-state index in [0.717, 1.165) is 0 Å². The molecule has 9 nitrogen and oxygen atoms in total. The first kappa shape index (κ1) is 22.2. The summed E-state index contributed by atoms with van der Waals surface area (Å²) in [6.45, 7) is 4.84.